The Bertz CT molecular complexity index is 1080. The van der Waals surface area contributed by atoms with E-state index in [4.69, 9.17) is 44.4 Å². The van der Waals surface area contributed by atoms with E-state index in [0.717, 1.165) is 27.0 Å². The SMILES string of the molecule is CC(C)c1nc(CCCOC(N)=O)n(Cc2cccc(N)c2)c1Sc1cc(Cl)cc(Cl)c1. The molecular formula is C23H26Cl2N4O2S. The molecule has 0 spiro atoms. The molecule has 3 rings (SSSR count). The Morgan fingerprint density at radius 1 is 1.19 bits per heavy atom. The molecule has 2 aromatic carbocycles. The highest BCUT2D eigenvalue weighted by Crippen LogP contribution is 2.37. The molecule has 3 aromatic rings. The van der Waals surface area contributed by atoms with Crippen LogP contribution < -0.4 is 11.5 Å². The van der Waals surface area contributed by atoms with E-state index < -0.39 is 6.09 Å². The van der Waals surface area contributed by atoms with Crippen LogP contribution in [-0.2, 0) is 17.7 Å². The molecule has 0 fully saturated rings. The molecule has 0 aliphatic heterocycles. The van der Waals surface area contributed by atoms with E-state index in [-0.39, 0.29) is 12.5 Å². The molecule has 1 amide bonds. The molecule has 32 heavy (non-hydrogen) atoms. The summed E-state index contributed by atoms with van der Waals surface area (Å²) >= 11 is 14.1. The van der Waals surface area contributed by atoms with Crippen molar-refractivity contribution in [3.8, 4) is 0 Å². The standard InChI is InChI=1S/C23H26Cl2N4O2S/c1-14(2)21-22(32-19-11-16(24)10-17(25)12-19)29(13-15-5-3-6-18(26)9-15)20(28-21)7-4-8-31-23(27)30/h3,5-6,9-12,14H,4,7-8,13,26H2,1-2H3,(H2,27,30). The third kappa shape index (κ3) is 6.58. The fourth-order valence-corrected chi connectivity index (χ4v) is 5.23. The van der Waals surface area contributed by atoms with Crippen LogP contribution in [-0.4, -0.2) is 22.3 Å². The Morgan fingerprint density at radius 2 is 1.91 bits per heavy atom. The fourth-order valence-electron chi connectivity index (χ4n) is 3.32. The number of hydrogen-bond donors (Lipinski definition) is 2. The van der Waals surface area contributed by atoms with E-state index in [0.29, 0.717) is 35.1 Å². The van der Waals surface area contributed by atoms with Gasteiger partial charge in [0.15, 0.2) is 0 Å². The van der Waals surface area contributed by atoms with Crippen molar-refractivity contribution in [2.75, 3.05) is 12.3 Å². The number of primary amides is 1. The first-order valence-electron chi connectivity index (χ1n) is 10.2. The maximum atomic E-state index is 10.9. The Balaban J connectivity index is 2.01. The van der Waals surface area contributed by atoms with Crippen molar-refractivity contribution in [3.05, 3.63) is 69.6 Å². The van der Waals surface area contributed by atoms with Gasteiger partial charge in [-0.15, -0.1) is 0 Å². The number of carbonyl (C=O) groups is 1. The summed E-state index contributed by atoms with van der Waals surface area (Å²) in [5, 5.41) is 2.18. The van der Waals surface area contributed by atoms with Crippen molar-refractivity contribution in [2.24, 2.45) is 5.73 Å². The largest absolute Gasteiger partial charge is 0.450 e. The number of nitrogens with zero attached hydrogens (tertiary/aromatic N) is 2. The average molecular weight is 493 g/mol. The average Bonchev–Trinajstić information content (AvgIpc) is 3.02. The second kappa shape index (κ2) is 11.0. The quantitative estimate of drug-likeness (QED) is 0.276. The number of amides is 1. The minimum Gasteiger partial charge on any atom is -0.450 e. The Kier molecular flexibility index (Phi) is 8.34. The van der Waals surface area contributed by atoms with Crippen molar-refractivity contribution in [1.29, 1.82) is 0 Å². The van der Waals surface area contributed by atoms with E-state index in [1.165, 1.54) is 0 Å². The van der Waals surface area contributed by atoms with Gasteiger partial charge in [0.25, 0.3) is 0 Å². The van der Waals surface area contributed by atoms with Gasteiger partial charge in [-0.25, -0.2) is 9.78 Å². The van der Waals surface area contributed by atoms with Crippen LogP contribution in [0.1, 0.15) is 43.3 Å². The highest BCUT2D eigenvalue weighted by molar-refractivity contribution is 7.99. The molecule has 4 N–H and O–H groups in total. The first kappa shape index (κ1) is 24.3. The first-order chi connectivity index (χ1) is 15.2. The lowest BCUT2D eigenvalue weighted by molar-refractivity contribution is 0.155. The molecule has 6 nitrogen and oxygen atoms in total. The minimum absolute atomic E-state index is 0.204. The molecule has 0 bridgehead atoms. The summed E-state index contributed by atoms with van der Waals surface area (Å²) in [7, 11) is 0. The van der Waals surface area contributed by atoms with Crippen LogP contribution in [0.2, 0.25) is 10.0 Å². The van der Waals surface area contributed by atoms with Crippen LogP contribution in [0.15, 0.2) is 52.4 Å². The number of rotatable bonds is 9. The fraction of sp³-hybridized carbons (Fsp3) is 0.304. The van der Waals surface area contributed by atoms with Gasteiger partial charge in [-0.3, -0.25) is 0 Å². The lowest BCUT2D eigenvalue weighted by Gasteiger charge is -2.14. The third-order valence-electron chi connectivity index (χ3n) is 4.70. The minimum atomic E-state index is -0.773. The van der Waals surface area contributed by atoms with Crippen LogP contribution >= 0.6 is 35.0 Å². The first-order valence-corrected chi connectivity index (χ1v) is 11.8. The lowest BCUT2D eigenvalue weighted by atomic mass is 10.1. The molecule has 170 valence electrons. The number of anilines is 1. The Labute approximate surface area is 202 Å². The molecule has 0 unspecified atom stereocenters. The molecule has 9 heteroatoms. The van der Waals surface area contributed by atoms with Gasteiger partial charge in [0.05, 0.1) is 12.3 Å². The predicted octanol–water partition coefficient (Wildman–Crippen LogP) is 6.12. The van der Waals surface area contributed by atoms with Crippen LogP contribution in [0, 0.1) is 0 Å². The lowest BCUT2D eigenvalue weighted by Crippen LogP contribution is -2.14. The number of nitrogens with two attached hydrogens (primary N) is 2. The van der Waals surface area contributed by atoms with Crippen molar-refractivity contribution < 1.29 is 9.53 Å². The van der Waals surface area contributed by atoms with Gasteiger partial charge in [-0.1, -0.05) is 60.9 Å². The van der Waals surface area contributed by atoms with Crippen LogP contribution in [0.4, 0.5) is 10.5 Å². The number of carbonyl (C=O) groups excluding carboxylic acids is 1. The highest BCUT2D eigenvalue weighted by atomic mass is 35.5. The van der Waals surface area contributed by atoms with Crippen molar-refractivity contribution in [3.63, 3.8) is 0 Å². The van der Waals surface area contributed by atoms with E-state index in [1.807, 2.05) is 36.4 Å². The van der Waals surface area contributed by atoms with Gasteiger partial charge in [0.1, 0.15) is 10.9 Å². The zero-order chi connectivity index (χ0) is 23.3. The third-order valence-corrected chi connectivity index (χ3v) is 6.23. The van der Waals surface area contributed by atoms with Gasteiger partial charge in [-0.05, 0) is 48.2 Å². The van der Waals surface area contributed by atoms with Crippen molar-refractivity contribution in [2.45, 2.75) is 49.1 Å². The highest BCUT2D eigenvalue weighted by Gasteiger charge is 2.21. The summed E-state index contributed by atoms with van der Waals surface area (Å²) in [4.78, 5) is 16.8. The van der Waals surface area contributed by atoms with Gasteiger partial charge in [0.2, 0.25) is 0 Å². The number of ether oxygens (including phenoxy) is 1. The number of benzene rings is 2. The summed E-state index contributed by atoms with van der Waals surface area (Å²) in [5.74, 6) is 1.11. The maximum Gasteiger partial charge on any atom is 0.404 e. The molecule has 0 aliphatic carbocycles. The van der Waals surface area contributed by atoms with Crippen LogP contribution in [0.25, 0.3) is 0 Å². The number of aryl methyl sites for hydroxylation is 1. The van der Waals surface area contributed by atoms with Crippen LogP contribution in [0.5, 0.6) is 0 Å². The number of halogens is 2. The normalized spacial score (nSPS) is 11.2. The summed E-state index contributed by atoms with van der Waals surface area (Å²) in [6.45, 7) is 5.07. The number of nitrogen functional groups attached to an aromatic ring is 1. The molecule has 1 heterocycles. The van der Waals surface area contributed by atoms with Crippen molar-refractivity contribution in [1.82, 2.24) is 9.55 Å². The topological polar surface area (TPSA) is 96.2 Å². The molecule has 0 radical (unpaired) electrons. The second-order valence-corrected chi connectivity index (χ2v) is 9.62. The zero-order valence-electron chi connectivity index (χ0n) is 18.0. The van der Waals surface area contributed by atoms with Gasteiger partial charge >= 0.3 is 6.09 Å². The zero-order valence-corrected chi connectivity index (χ0v) is 20.3. The number of aromatic nitrogens is 2. The molecule has 1 aromatic heterocycles. The maximum absolute atomic E-state index is 10.9. The van der Waals surface area contributed by atoms with Crippen LogP contribution in [0.3, 0.4) is 0 Å². The Hall–Kier alpha value is -2.35. The molecule has 0 aliphatic rings. The van der Waals surface area contributed by atoms with Gasteiger partial charge in [0, 0.05) is 33.6 Å². The van der Waals surface area contributed by atoms with E-state index in [9.17, 15) is 4.79 Å². The number of hydrogen-bond acceptors (Lipinski definition) is 5. The van der Waals surface area contributed by atoms with Crippen molar-refractivity contribution >= 4 is 46.7 Å². The summed E-state index contributed by atoms with van der Waals surface area (Å²) in [6, 6.07) is 13.3. The van der Waals surface area contributed by atoms with E-state index in [1.54, 1.807) is 17.8 Å². The summed E-state index contributed by atoms with van der Waals surface area (Å²) < 4.78 is 7.08. The van der Waals surface area contributed by atoms with E-state index in [2.05, 4.69) is 18.4 Å². The monoisotopic (exact) mass is 492 g/mol. The molecule has 0 saturated carbocycles. The predicted molar refractivity (Wildman–Crippen MR) is 131 cm³/mol. The Morgan fingerprint density at radius 3 is 2.53 bits per heavy atom. The second-order valence-electron chi connectivity index (χ2n) is 7.68. The number of imidazole rings is 1. The summed E-state index contributed by atoms with van der Waals surface area (Å²) in [6.07, 6.45) is 0.471. The van der Waals surface area contributed by atoms with Gasteiger partial charge in [-0.2, -0.15) is 0 Å². The van der Waals surface area contributed by atoms with E-state index >= 15 is 0 Å². The molecule has 0 saturated heterocycles. The van der Waals surface area contributed by atoms with Gasteiger partial charge < -0.3 is 20.8 Å². The smallest absolute Gasteiger partial charge is 0.404 e. The molecular weight excluding hydrogens is 467 g/mol. The molecule has 0 atom stereocenters. The summed E-state index contributed by atoms with van der Waals surface area (Å²) in [5.41, 5.74) is 13.8.